The van der Waals surface area contributed by atoms with Gasteiger partial charge in [0.05, 0.1) is 11.3 Å². The third kappa shape index (κ3) is 15.7. The van der Waals surface area contributed by atoms with Crippen LogP contribution in [-0.4, -0.2) is 142 Å². The minimum atomic E-state index is -2.88. The van der Waals surface area contributed by atoms with Crippen LogP contribution < -0.4 is 10.6 Å². The molecule has 0 aromatic heterocycles. The van der Waals surface area contributed by atoms with Crippen molar-refractivity contribution in [3.63, 3.8) is 0 Å². The van der Waals surface area contributed by atoms with Gasteiger partial charge in [-0.1, -0.05) is 13.8 Å². The molecule has 0 spiro atoms. The van der Waals surface area contributed by atoms with Gasteiger partial charge >= 0.3 is 35.2 Å². The zero-order valence-corrected chi connectivity index (χ0v) is 35.3. The molecule has 0 radical (unpaired) electrons. The van der Waals surface area contributed by atoms with E-state index in [-0.39, 0.29) is 11.3 Å². The van der Waals surface area contributed by atoms with Crippen LogP contribution in [0.25, 0.3) is 0 Å². The Labute approximate surface area is 284 Å². The Hall–Kier alpha value is 0.0475. The minimum Gasteiger partial charge on any atom is -0.376 e. The molecule has 0 rings (SSSR count). The van der Waals surface area contributed by atoms with Crippen molar-refractivity contribution in [3.05, 3.63) is 11.4 Å². The highest BCUT2D eigenvalue weighted by Gasteiger charge is 2.48. The van der Waals surface area contributed by atoms with Crippen molar-refractivity contribution in [1.29, 1.82) is 0 Å². The molecular formula is C28H68N2O12Si4. The molecule has 0 saturated heterocycles. The summed E-state index contributed by atoms with van der Waals surface area (Å²) in [6, 6.07) is 0. The molecule has 0 aromatic rings. The van der Waals surface area contributed by atoms with Crippen molar-refractivity contribution in [2.24, 2.45) is 0 Å². The molecule has 14 nitrogen and oxygen atoms in total. The zero-order valence-electron chi connectivity index (χ0n) is 31.3. The van der Waals surface area contributed by atoms with Gasteiger partial charge in [-0.15, -0.1) is 0 Å². The molecule has 46 heavy (non-hydrogen) atoms. The lowest BCUT2D eigenvalue weighted by molar-refractivity contribution is 0.0787. The highest BCUT2D eigenvalue weighted by atomic mass is 28.4. The van der Waals surface area contributed by atoms with Crippen molar-refractivity contribution in [2.45, 2.75) is 79.6 Å². The van der Waals surface area contributed by atoms with E-state index in [0.717, 1.165) is 25.9 Å². The molecule has 2 unspecified atom stereocenters. The van der Waals surface area contributed by atoms with Gasteiger partial charge in [0.2, 0.25) is 0 Å². The summed E-state index contributed by atoms with van der Waals surface area (Å²) < 4.78 is 68.1. The molecule has 0 fully saturated rings. The van der Waals surface area contributed by atoms with Crippen LogP contribution in [0.2, 0.25) is 0 Å². The van der Waals surface area contributed by atoms with E-state index >= 15 is 0 Å². The molecule has 0 saturated carbocycles. The first-order valence-electron chi connectivity index (χ1n) is 16.4. The maximum atomic E-state index is 5.80. The maximum absolute atomic E-state index is 5.80. The molecule has 18 heteroatoms. The predicted molar refractivity (Wildman–Crippen MR) is 188 cm³/mol. The monoisotopic (exact) mass is 736 g/mol. The summed E-state index contributed by atoms with van der Waals surface area (Å²) in [6.45, 7) is 20.3. The lowest BCUT2D eigenvalue weighted by atomic mass is 10.4. The second-order valence-electron chi connectivity index (χ2n) is 9.40. The fourth-order valence-electron chi connectivity index (χ4n) is 4.83. The van der Waals surface area contributed by atoms with Crippen LogP contribution in [0.3, 0.4) is 0 Å². The molecule has 278 valence electrons. The fraction of sp³-hybridized carbons (Fsp3) is 0.929. The van der Waals surface area contributed by atoms with Gasteiger partial charge in [0.1, 0.15) is 0 Å². The number of nitrogens with one attached hydrogen (secondary N) is 2. The Kier molecular flexibility index (Phi) is 29.1. The third-order valence-corrected chi connectivity index (χ3v) is 18.8. The summed E-state index contributed by atoms with van der Waals surface area (Å²) in [5.74, 6) is 0. The fourth-order valence-corrected chi connectivity index (χ4v) is 14.5. The van der Waals surface area contributed by atoms with E-state index in [1.165, 1.54) is 0 Å². The second-order valence-corrected chi connectivity index (χ2v) is 20.5. The van der Waals surface area contributed by atoms with Crippen LogP contribution >= 0.6 is 0 Å². The van der Waals surface area contributed by atoms with Crippen molar-refractivity contribution < 1.29 is 53.1 Å². The van der Waals surface area contributed by atoms with E-state index in [2.05, 4.69) is 24.5 Å². The number of hydrogen-bond acceptors (Lipinski definition) is 14. The Bertz CT molecular complexity index is 632. The molecule has 0 amide bonds. The summed E-state index contributed by atoms with van der Waals surface area (Å²) in [5.41, 5.74) is 3.76. The van der Waals surface area contributed by atoms with Crippen LogP contribution in [-0.2, 0) is 53.1 Å². The highest BCUT2D eigenvalue weighted by molar-refractivity contribution is 6.72. The van der Waals surface area contributed by atoms with Gasteiger partial charge in [0.25, 0.3) is 0 Å². The molecule has 2 N–H and O–H groups in total. The van der Waals surface area contributed by atoms with Crippen molar-refractivity contribution in [3.8, 4) is 0 Å². The maximum Gasteiger partial charge on any atom is 0.529 e. The topological polar surface area (TPSA) is 135 Å². The van der Waals surface area contributed by atoms with Gasteiger partial charge in [-0.05, 0) is 65.8 Å². The molecule has 0 aliphatic carbocycles. The molecule has 0 bridgehead atoms. The van der Waals surface area contributed by atoms with Gasteiger partial charge < -0.3 is 63.7 Å². The Morgan fingerprint density at radius 2 is 0.630 bits per heavy atom. The van der Waals surface area contributed by atoms with Crippen LogP contribution in [0.15, 0.2) is 11.4 Å². The van der Waals surface area contributed by atoms with E-state index in [9.17, 15) is 0 Å². The van der Waals surface area contributed by atoms with Crippen LogP contribution in [0.1, 0.15) is 68.2 Å². The third-order valence-electron chi connectivity index (χ3n) is 6.85. The molecule has 0 heterocycles. The first-order chi connectivity index (χ1) is 22.1. The average molecular weight is 737 g/mol. The van der Waals surface area contributed by atoms with Gasteiger partial charge in [0, 0.05) is 95.4 Å². The minimum absolute atomic E-state index is 0.0358. The zero-order chi connectivity index (χ0) is 35.5. The standard InChI is InChI=1S/C14H36N2O6Si2.C14H32O6Si2/c1-9-13(23(17-3,18-4)19-5)15-11-12-16-14(10-2)24(20-6,21-7)22-8;1-7-15-21(16-8-2,17-9-3)13-14-22(18-10-4,19-11-5)20-12-6/h13-16H,9-12H2,1-8H3;13-14H,7-12H2,1-6H3. The second kappa shape index (κ2) is 27.8. The van der Waals surface area contributed by atoms with E-state index in [0.29, 0.717) is 39.6 Å². The normalized spacial score (nSPS) is 14.4. The summed E-state index contributed by atoms with van der Waals surface area (Å²) >= 11 is 0. The number of rotatable bonds is 29. The molecule has 0 aliphatic heterocycles. The SMILES string of the molecule is CCC(NCCNC(CC)[Si](OC)(OC)OC)[Si](OC)(OC)OC.CCO[Si](C=C[Si](OCC)(OCC)OCC)(OCC)OCC. The first-order valence-corrected chi connectivity index (χ1v) is 23.6. The summed E-state index contributed by atoms with van der Waals surface area (Å²) in [6.07, 6.45) is 1.71. The predicted octanol–water partition coefficient (Wildman–Crippen LogP) is 3.28. The van der Waals surface area contributed by atoms with E-state index in [1.807, 2.05) is 52.9 Å². The van der Waals surface area contributed by atoms with Gasteiger partial charge in [0.15, 0.2) is 0 Å². The summed E-state index contributed by atoms with van der Waals surface area (Å²) in [4.78, 5) is 0. The van der Waals surface area contributed by atoms with Crippen molar-refractivity contribution in [2.75, 3.05) is 95.4 Å². The molecular weight excluding hydrogens is 669 g/mol. The number of hydrogen-bond donors (Lipinski definition) is 2. The quantitative estimate of drug-likeness (QED) is 0.0860. The van der Waals surface area contributed by atoms with Gasteiger partial charge in [-0.3, -0.25) is 0 Å². The molecule has 0 aromatic carbocycles. The summed E-state index contributed by atoms with van der Waals surface area (Å²) in [5, 5.41) is 6.93. The molecule has 2 atom stereocenters. The van der Waals surface area contributed by atoms with Crippen LogP contribution in [0.5, 0.6) is 0 Å². The van der Waals surface area contributed by atoms with E-state index < -0.39 is 35.2 Å². The van der Waals surface area contributed by atoms with E-state index in [1.54, 1.807) is 42.7 Å². The van der Waals surface area contributed by atoms with Crippen LogP contribution in [0, 0.1) is 0 Å². The Balaban J connectivity index is 0. The summed E-state index contributed by atoms with van der Waals surface area (Å²) in [7, 11) is -1.37. The van der Waals surface area contributed by atoms with Crippen molar-refractivity contribution >= 4 is 35.2 Å². The first kappa shape index (κ1) is 48.2. The van der Waals surface area contributed by atoms with Gasteiger partial charge in [-0.25, -0.2) is 0 Å². The smallest absolute Gasteiger partial charge is 0.376 e. The lowest BCUT2D eigenvalue weighted by Gasteiger charge is -2.34. The largest absolute Gasteiger partial charge is 0.529 e. The Morgan fingerprint density at radius 3 is 0.783 bits per heavy atom. The van der Waals surface area contributed by atoms with Crippen molar-refractivity contribution in [1.82, 2.24) is 10.6 Å². The Morgan fingerprint density at radius 1 is 0.413 bits per heavy atom. The van der Waals surface area contributed by atoms with E-state index in [4.69, 9.17) is 53.1 Å². The van der Waals surface area contributed by atoms with Gasteiger partial charge in [-0.2, -0.15) is 0 Å². The van der Waals surface area contributed by atoms with Crippen LogP contribution in [0.4, 0.5) is 0 Å². The average Bonchev–Trinajstić information content (AvgIpc) is 3.06. The lowest BCUT2D eigenvalue weighted by Crippen LogP contribution is -2.62. The molecule has 0 aliphatic rings. The highest BCUT2D eigenvalue weighted by Crippen LogP contribution is 2.18.